The molecule has 0 bridgehead atoms. The smallest absolute Gasteiger partial charge is 0.337 e. The molecule has 0 aromatic heterocycles. The van der Waals surface area contributed by atoms with E-state index >= 15 is 0 Å². The molecule has 0 saturated heterocycles. The zero-order chi connectivity index (χ0) is 17.5. The average molecular weight is 344 g/mol. The van der Waals surface area contributed by atoms with Gasteiger partial charge in [0.05, 0.1) is 17.6 Å². The van der Waals surface area contributed by atoms with Crippen LogP contribution in [-0.2, 0) is 24.3 Å². The van der Waals surface area contributed by atoms with Gasteiger partial charge in [0.1, 0.15) is 6.54 Å². The highest BCUT2D eigenvalue weighted by atomic mass is 32.2. The zero-order valence-corrected chi connectivity index (χ0v) is 13.1. The summed E-state index contributed by atoms with van der Waals surface area (Å²) in [5.74, 6) is -2.36. The summed E-state index contributed by atoms with van der Waals surface area (Å²) < 4.78 is 30.7. The Labute approximate surface area is 132 Å². The first-order chi connectivity index (χ1) is 10.8. The van der Waals surface area contributed by atoms with Crippen LogP contribution >= 0.6 is 0 Å². The minimum absolute atomic E-state index is 0.0731. The van der Waals surface area contributed by atoms with Gasteiger partial charge in [-0.3, -0.25) is 9.59 Å². The number of carbonyl (C=O) groups is 3. The number of rotatable bonds is 8. The lowest BCUT2D eigenvalue weighted by Crippen LogP contribution is -2.33. The number of esters is 1. The Balaban J connectivity index is 2.57. The minimum atomic E-state index is -3.83. The Morgan fingerprint density at radius 1 is 1.17 bits per heavy atom. The van der Waals surface area contributed by atoms with Crippen molar-refractivity contribution in [2.24, 2.45) is 0 Å². The number of methoxy groups -OCH3 is 1. The molecule has 1 rings (SSSR count). The van der Waals surface area contributed by atoms with Gasteiger partial charge in [0, 0.05) is 13.0 Å². The predicted octanol–water partition coefficient (Wildman–Crippen LogP) is -0.658. The molecule has 126 valence electrons. The molecule has 10 heteroatoms. The summed E-state index contributed by atoms with van der Waals surface area (Å²) in [5.41, 5.74) is 0.208. The molecule has 0 atom stereocenters. The van der Waals surface area contributed by atoms with E-state index in [1.54, 1.807) is 0 Å². The van der Waals surface area contributed by atoms with Gasteiger partial charge < -0.3 is 15.2 Å². The molecular weight excluding hydrogens is 328 g/mol. The molecule has 0 heterocycles. The highest BCUT2D eigenvalue weighted by Crippen LogP contribution is 2.11. The van der Waals surface area contributed by atoms with Crippen molar-refractivity contribution in [3.63, 3.8) is 0 Å². The number of hydrogen-bond acceptors (Lipinski definition) is 6. The highest BCUT2D eigenvalue weighted by Gasteiger charge is 2.15. The van der Waals surface area contributed by atoms with E-state index in [1.807, 2.05) is 0 Å². The van der Waals surface area contributed by atoms with Crippen molar-refractivity contribution >= 4 is 27.9 Å². The van der Waals surface area contributed by atoms with E-state index in [0.29, 0.717) is 0 Å². The lowest BCUT2D eigenvalue weighted by atomic mass is 10.2. The standard InChI is InChI=1S/C13H16N2O7S/c1-22-13(19)9-2-4-10(5-3-9)23(20,21)15-7-6-11(16)14-8-12(17)18/h2-5,15H,6-8H2,1H3,(H,14,16)(H,17,18). The minimum Gasteiger partial charge on any atom is -0.480 e. The fourth-order valence-corrected chi connectivity index (χ4v) is 2.56. The highest BCUT2D eigenvalue weighted by molar-refractivity contribution is 7.89. The number of ether oxygens (including phenoxy) is 1. The number of sulfonamides is 1. The third-order valence-corrected chi connectivity index (χ3v) is 4.14. The van der Waals surface area contributed by atoms with E-state index in [-0.39, 0.29) is 23.4 Å². The van der Waals surface area contributed by atoms with E-state index in [2.05, 4.69) is 14.8 Å². The van der Waals surface area contributed by atoms with Crippen molar-refractivity contribution in [3.8, 4) is 0 Å². The molecule has 0 radical (unpaired) electrons. The van der Waals surface area contributed by atoms with E-state index in [4.69, 9.17) is 5.11 Å². The first-order valence-corrected chi connectivity index (χ1v) is 7.91. The van der Waals surface area contributed by atoms with Crippen LogP contribution in [0.2, 0.25) is 0 Å². The van der Waals surface area contributed by atoms with Crippen LogP contribution in [0.4, 0.5) is 0 Å². The molecule has 0 unspecified atom stereocenters. The van der Waals surface area contributed by atoms with Gasteiger partial charge in [-0.2, -0.15) is 0 Å². The number of aliphatic carboxylic acids is 1. The number of nitrogens with one attached hydrogen (secondary N) is 2. The van der Waals surface area contributed by atoms with Gasteiger partial charge in [0.2, 0.25) is 15.9 Å². The fraction of sp³-hybridized carbons (Fsp3) is 0.308. The normalized spacial score (nSPS) is 10.8. The average Bonchev–Trinajstić information content (AvgIpc) is 2.52. The van der Waals surface area contributed by atoms with Gasteiger partial charge >= 0.3 is 11.9 Å². The Hall–Kier alpha value is -2.46. The Kier molecular flexibility index (Phi) is 6.66. The Morgan fingerprint density at radius 3 is 2.30 bits per heavy atom. The monoisotopic (exact) mass is 344 g/mol. The lowest BCUT2D eigenvalue weighted by Gasteiger charge is -2.07. The molecule has 3 N–H and O–H groups in total. The molecule has 1 amide bonds. The van der Waals surface area contributed by atoms with Gasteiger partial charge in [-0.1, -0.05) is 0 Å². The maximum atomic E-state index is 12.0. The van der Waals surface area contributed by atoms with Crippen LogP contribution in [-0.4, -0.2) is 51.6 Å². The molecule has 0 fully saturated rings. The van der Waals surface area contributed by atoms with Crippen LogP contribution in [0.5, 0.6) is 0 Å². The van der Waals surface area contributed by atoms with Crippen molar-refractivity contribution in [2.75, 3.05) is 20.2 Å². The molecule has 1 aromatic rings. The number of amides is 1. The Morgan fingerprint density at radius 2 is 1.78 bits per heavy atom. The van der Waals surface area contributed by atoms with Gasteiger partial charge in [-0.15, -0.1) is 0 Å². The second kappa shape index (κ2) is 8.25. The summed E-state index contributed by atoms with van der Waals surface area (Å²) >= 11 is 0. The molecule has 0 saturated carbocycles. The number of carboxylic acids is 1. The number of carboxylic acid groups (broad SMARTS) is 1. The first kappa shape index (κ1) is 18.6. The van der Waals surface area contributed by atoms with Crippen LogP contribution in [0.25, 0.3) is 0 Å². The van der Waals surface area contributed by atoms with Crippen molar-refractivity contribution in [3.05, 3.63) is 29.8 Å². The number of hydrogen-bond donors (Lipinski definition) is 3. The number of carbonyl (C=O) groups excluding carboxylic acids is 2. The molecule has 0 spiro atoms. The zero-order valence-electron chi connectivity index (χ0n) is 12.2. The quantitative estimate of drug-likeness (QED) is 0.532. The van der Waals surface area contributed by atoms with Crippen LogP contribution in [0.1, 0.15) is 16.8 Å². The molecular formula is C13H16N2O7S. The maximum absolute atomic E-state index is 12.0. The molecule has 0 aliphatic heterocycles. The van der Waals surface area contributed by atoms with Gasteiger partial charge in [0.15, 0.2) is 0 Å². The van der Waals surface area contributed by atoms with Crippen LogP contribution in [0.3, 0.4) is 0 Å². The Bertz CT molecular complexity index is 683. The molecule has 9 nitrogen and oxygen atoms in total. The second-order valence-electron chi connectivity index (χ2n) is 4.33. The summed E-state index contributed by atoms with van der Waals surface area (Å²) in [4.78, 5) is 32.7. The van der Waals surface area contributed by atoms with Crippen LogP contribution < -0.4 is 10.0 Å². The van der Waals surface area contributed by atoms with E-state index < -0.39 is 34.4 Å². The lowest BCUT2D eigenvalue weighted by molar-refractivity contribution is -0.137. The SMILES string of the molecule is COC(=O)c1ccc(S(=O)(=O)NCCC(=O)NCC(=O)O)cc1. The molecule has 0 aliphatic rings. The summed E-state index contributed by atoms with van der Waals surface area (Å²) in [6, 6.07) is 5.08. The molecule has 23 heavy (non-hydrogen) atoms. The third-order valence-electron chi connectivity index (χ3n) is 2.67. The summed E-state index contributed by atoms with van der Waals surface area (Å²) in [6.45, 7) is -0.715. The largest absolute Gasteiger partial charge is 0.480 e. The van der Waals surface area contributed by atoms with E-state index in [0.717, 1.165) is 0 Å². The topological polar surface area (TPSA) is 139 Å². The third kappa shape index (κ3) is 6.04. The second-order valence-corrected chi connectivity index (χ2v) is 6.10. The first-order valence-electron chi connectivity index (χ1n) is 6.43. The van der Waals surface area contributed by atoms with Crippen LogP contribution in [0, 0.1) is 0 Å². The van der Waals surface area contributed by atoms with Crippen molar-refractivity contribution in [1.82, 2.24) is 10.0 Å². The predicted molar refractivity (Wildman–Crippen MR) is 78.2 cm³/mol. The fourth-order valence-electron chi connectivity index (χ4n) is 1.53. The summed E-state index contributed by atoms with van der Waals surface area (Å²) in [5, 5.41) is 10.5. The number of benzene rings is 1. The van der Waals surface area contributed by atoms with Crippen molar-refractivity contribution in [2.45, 2.75) is 11.3 Å². The molecule has 1 aromatic carbocycles. The maximum Gasteiger partial charge on any atom is 0.337 e. The van der Waals surface area contributed by atoms with Gasteiger partial charge in [-0.05, 0) is 24.3 Å². The summed E-state index contributed by atoms with van der Waals surface area (Å²) in [6.07, 6.45) is -0.202. The van der Waals surface area contributed by atoms with E-state index in [1.165, 1.54) is 31.4 Å². The van der Waals surface area contributed by atoms with E-state index in [9.17, 15) is 22.8 Å². The van der Waals surface area contributed by atoms with Gasteiger partial charge in [-0.25, -0.2) is 17.9 Å². The van der Waals surface area contributed by atoms with Crippen molar-refractivity contribution < 1.29 is 32.6 Å². The summed E-state index contributed by atoms with van der Waals surface area (Å²) in [7, 11) is -2.62. The van der Waals surface area contributed by atoms with Crippen LogP contribution in [0.15, 0.2) is 29.2 Å². The van der Waals surface area contributed by atoms with Crippen molar-refractivity contribution in [1.29, 1.82) is 0 Å². The molecule has 0 aliphatic carbocycles. The van der Waals surface area contributed by atoms with Gasteiger partial charge in [0.25, 0.3) is 0 Å².